The van der Waals surface area contributed by atoms with Crippen LogP contribution in [0.3, 0.4) is 0 Å². The van der Waals surface area contributed by atoms with Gasteiger partial charge in [0.05, 0.1) is 6.54 Å². The Morgan fingerprint density at radius 1 is 1.04 bits per heavy atom. The summed E-state index contributed by atoms with van der Waals surface area (Å²) < 4.78 is 1.85. The van der Waals surface area contributed by atoms with Gasteiger partial charge in [-0.3, -0.25) is 14.3 Å². The summed E-state index contributed by atoms with van der Waals surface area (Å²) in [6, 6.07) is 19.3. The molecule has 1 fully saturated rings. The highest BCUT2D eigenvalue weighted by Crippen LogP contribution is 2.25. The summed E-state index contributed by atoms with van der Waals surface area (Å²) in [5, 5.41) is 7.18. The first kappa shape index (κ1) is 18.0. The second-order valence-electron chi connectivity index (χ2n) is 6.86. The van der Waals surface area contributed by atoms with Crippen LogP contribution in [0.4, 0.5) is 5.69 Å². The maximum atomic E-state index is 12.7. The van der Waals surface area contributed by atoms with Crippen molar-refractivity contribution in [3.05, 3.63) is 84.2 Å². The first-order valence-corrected chi connectivity index (χ1v) is 9.41. The number of carbonyl (C=O) groups excluding carboxylic acids is 2. The van der Waals surface area contributed by atoms with Crippen LogP contribution in [-0.2, 0) is 22.7 Å². The summed E-state index contributed by atoms with van der Waals surface area (Å²) in [7, 11) is 0. The Balaban J connectivity index is 1.39. The van der Waals surface area contributed by atoms with Crippen LogP contribution in [0.1, 0.15) is 17.5 Å². The number of nitrogens with one attached hydrogen (secondary N) is 1. The molecule has 2 amide bonds. The predicted octanol–water partition coefficient (Wildman–Crippen LogP) is 2.60. The zero-order valence-electron chi connectivity index (χ0n) is 15.5. The van der Waals surface area contributed by atoms with E-state index in [-0.39, 0.29) is 11.8 Å². The molecule has 142 valence electrons. The van der Waals surface area contributed by atoms with Crippen molar-refractivity contribution in [3.63, 3.8) is 0 Å². The van der Waals surface area contributed by atoms with E-state index in [0.717, 1.165) is 16.8 Å². The van der Waals surface area contributed by atoms with Gasteiger partial charge in [0.2, 0.25) is 11.8 Å². The molecule has 2 heterocycles. The molecular formula is C22H22N4O2. The molecule has 28 heavy (non-hydrogen) atoms. The topological polar surface area (TPSA) is 67.2 Å². The van der Waals surface area contributed by atoms with Crippen LogP contribution in [0.5, 0.6) is 0 Å². The fraction of sp³-hybridized carbons (Fsp3) is 0.227. The SMILES string of the molecule is O=C(NCc1ccccc1Cn1cccn1)[C@@H]1CCN(c2ccccc2)C1=O. The standard InChI is InChI=1S/C22H22N4O2/c27-21(20-11-14-26(22(20)28)19-9-2-1-3-10-19)23-15-17-7-4-5-8-18(17)16-25-13-6-12-24-25/h1-10,12-13,20H,11,14-16H2,(H,23,27)/t20-/m0/s1. The Bertz CT molecular complexity index is 954. The summed E-state index contributed by atoms with van der Waals surface area (Å²) >= 11 is 0. The Morgan fingerprint density at radius 2 is 1.79 bits per heavy atom. The summed E-state index contributed by atoms with van der Waals surface area (Å²) in [6.07, 6.45) is 4.19. The van der Waals surface area contributed by atoms with Crippen molar-refractivity contribution in [1.82, 2.24) is 15.1 Å². The monoisotopic (exact) mass is 374 g/mol. The smallest absolute Gasteiger partial charge is 0.239 e. The fourth-order valence-corrected chi connectivity index (χ4v) is 3.55. The van der Waals surface area contributed by atoms with Gasteiger partial charge in [-0.05, 0) is 35.7 Å². The third-order valence-corrected chi connectivity index (χ3v) is 5.05. The summed E-state index contributed by atoms with van der Waals surface area (Å²) in [6.45, 7) is 1.60. The van der Waals surface area contributed by atoms with Crippen LogP contribution in [-0.4, -0.2) is 28.1 Å². The van der Waals surface area contributed by atoms with Crippen molar-refractivity contribution in [3.8, 4) is 0 Å². The lowest BCUT2D eigenvalue weighted by molar-refractivity contribution is -0.132. The Labute approximate surface area is 163 Å². The minimum absolute atomic E-state index is 0.131. The van der Waals surface area contributed by atoms with Crippen LogP contribution in [0.25, 0.3) is 0 Å². The second kappa shape index (κ2) is 8.08. The van der Waals surface area contributed by atoms with Crippen LogP contribution >= 0.6 is 0 Å². The van der Waals surface area contributed by atoms with Crippen molar-refractivity contribution in [2.75, 3.05) is 11.4 Å². The second-order valence-corrected chi connectivity index (χ2v) is 6.86. The van der Waals surface area contributed by atoms with Gasteiger partial charge in [-0.25, -0.2) is 0 Å². The van der Waals surface area contributed by atoms with Gasteiger partial charge in [0.1, 0.15) is 5.92 Å². The number of carbonyl (C=O) groups is 2. The molecule has 0 aliphatic carbocycles. The highest BCUT2D eigenvalue weighted by molar-refractivity contribution is 6.09. The Kier molecular flexibility index (Phi) is 5.19. The summed E-state index contributed by atoms with van der Waals surface area (Å²) in [5.41, 5.74) is 2.96. The normalized spacial score (nSPS) is 16.4. The quantitative estimate of drug-likeness (QED) is 0.675. The maximum Gasteiger partial charge on any atom is 0.239 e. The van der Waals surface area contributed by atoms with Gasteiger partial charge >= 0.3 is 0 Å². The molecule has 1 aliphatic heterocycles. The molecule has 6 heteroatoms. The number of amides is 2. The van der Waals surface area contributed by atoms with Crippen molar-refractivity contribution < 1.29 is 9.59 Å². The molecule has 0 spiro atoms. The number of nitrogens with zero attached hydrogens (tertiary/aromatic N) is 3. The zero-order chi connectivity index (χ0) is 19.3. The van der Waals surface area contributed by atoms with Crippen molar-refractivity contribution >= 4 is 17.5 Å². The zero-order valence-corrected chi connectivity index (χ0v) is 15.5. The van der Waals surface area contributed by atoms with E-state index in [9.17, 15) is 9.59 Å². The Hall–Kier alpha value is -3.41. The van der Waals surface area contributed by atoms with Gasteiger partial charge in [-0.1, -0.05) is 42.5 Å². The van der Waals surface area contributed by atoms with Gasteiger partial charge in [0, 0.05) is 31.2 Å². The van der Waals surface area contributed by atoms with Gasteiger partial charge in [-0.2, -0.15) is 5.10 Å². The molecule has 3 aromatic rings. The minimum atomic E-state index is -0.626. The number of anilines is 1. The van der Waals surface area contributed by atoms with E-state index in [1.807, 2.05) is 71.5 Å². The molecule has 1 aliphatic rings. The molecule has 1 aromatic heterocycles. The molecule has 0 unspecified atom stereocenters. The van der Waals surface area contributed by atoms with E-state index >= 15 is 0 Å². The van der Waals surface area contributed by atoms with Crippen LogP contribution in [0.2, 0.25) is 0 Å². The highest BCUT2D eigenvalue weighted by atomic mass is 16.2. The molecule has 1 atom stereocenters. The third kappa shape index (κ3) is 3.81. The summed E-state index contributed by atoms with van der Waals surface area (Å²) in [5.74, 6) is -0.968. The first-order chi connectivity index (χ1) is 13.7. The first-order valence-electron chi connectivity index (χ1n) is 9.41. The largest absolute Gasteiger partial charge is 0.351 e. The van der Waals surface area contributed by atoms with Crippen LogP contribution in [0.15, 0.2) is 73.1 Å². The average molecular weight is 374 g/mol. The van der Waals surface area contributed by atoms with E-state index in [1.54, 1.807) is 11.1 Å². The average Bonchev–Trinajstić information content (AvgIpc) is 3.37. The molecule has 6 nitrogen and oxygen atoms in total. The summed E-state index contributed by atoms with van der Waals surface area (Å²) in [4.78, 5) is 27.0. The number of hydrogen-bond acceptors (Lipinski definition) is 3. The van der Waals surface area contributed by atoms with E-state index in [4.69, 9.17) is 0 Å². The van der Waals surface area contributed by atoms with Crippen molar-refractivity contribution in [2.24, 2.45) is 5.92 Å². The maximum absolute atomic E-state index is 12.7. The lowest BCUT2D eigenvalue weighted by Gasteiger charge is -2.17. The molecule has 1 saturated heterocycles. The van der Waals surface area contributed by atoms with E-state index in [0.29, 0.717) is 26.1 Å². The van der Waals surface area contributed by atoms with Gasteiger partial charge in [-0.15, -0.1) is 0 Å². The van der Waals surface area contributed by atoms with E-state index in [1.165, 1.54) is 0 Å². The Morgan fingerprint density at radius 3 is 2.54 bits per heavy atom. The minimum Gasteiger partial charge on any atom is -0.351 e. The van der Waals surface area contributed by atoms with Crippen molar-refractivity contribution in [2.45, 2.75) is 19.5 Å². The van der Waals surface area contributed by atoms with E-state index < -0.39 is 5.92 Å². The fourth-order valence-electron chi connectivity index (χ4n) is 3.55. The molecule has 0 radical (unpaired) electrons. The number of aromatic nitrogens is 2. The molecule has 4 rings (SSSR count). The number of para-hydroxylation sites is 1. The van der Waals surface area contributed by atoms with Gasteiger partial charge in [0.15, 0.2) is 0 Å². The number of rotatable bonds is 6. The molecular weight excluding hydrogens is 352 g/mol. The van der Waals surface area contributed by atoms with Crippen LogP contribution < -0.4 is 10.2 Å². The molecule has 2 aromatic carbocycles. The molecule has 0 bridgehead atoms. The lowest BCUT2D eigenvalue weighted by Crippen LogP contribution is -2.36. The number of hydrogen-bond donors (Lipinski definition) is 1. The predicted molar refractivity (Wildman–Crippen MR) is 107 cm³/mol. The highest BCUT2D eigenvalue weighted by Gasteiger charge is 2.37. The van der Waals surface area contributed by atoms with Gasteiger partial charge < -0.3 is 10.2 Å². The van der Waals surface area contributed by atoms with Crippen molar-refractivity contribution in [1.29, 1.82) is 0 Å². The number of benzene rings is 2. The third-order valence-electron chi connectivity index (χ3n) is 5.05. The van der Waals surface area contributed by atoms with Crippen LogP contribution in [0, 0.1) is 5.92 Å². The van der Waals surface area contributed by atoms with E-state index in [2.05, 4.69) is 10.4 Å². The lowest BCUT2D eigenvalue weighted by atomic mass is 10.1. The van der Waals surface area contributed by atoms with Gasteiger partial charge in [0.25, 0.3) is 0 Å². The molecule has 1 N–H and O–H groups in total. The molecule has 0 saturated carbocycles.